The van der Waals surface area contributed by atoms with Gasteiger partial charge in [0.2, 0.25) is 0 Å². The van der Waals surface area contributed by atoms with Gasteiger partial charge in [-0.05, 0) is 35.9 Å². The number of nitrogens with zero attached hydrogens (tertiary/aromatic N) is 1. The number of nitrogens with one attached hydrogen (secondary N) is 1. The normalized spacial score (nSPS) is 10.7. The van der Waals surface area contributed by atoms with Gasteiger partial charge in [-0.3, -0.25) is 9.59 Å². The SMILES string of the molecule is N#C/C(=C\c1ccc(OCC(=O)NCc2ccco2)cc1)C(N)=O. The van der Waals surface area contributed by atoms with Crippen LogP contribution in [-0.4, -0.2) is 18.4 Å². The number of hydrogen-bond acceptors (Lipinski definition) is 5. The van der Waals surface area contributed by atoms with Gasteiger partial charge in [0.15, 0.2) is 6.61 Å². The molecule has 0 aliphatic heterocycles. The Hall–Kier alpha value is -3.53. The van der Waals surface area contributed by atoms with Gasteiger partial charge in [-0.25, -0.2) is 0 Å². The second kappa shape index (κ2) is 8.19. The van der Waals surface area contributed by atoms with Crippen molar-refractivity contribution in [3.05, 3.63) is 59.6 Å². The molecule has 3 N–H and O–H groups in total. The zero-order valence-electron chi connectivity index (χ0n) is 12.7. The molecule has 0 atom stereocenters. The zero-order valence-corrected chi connectivity index (χ0v) is 12.7. The maximum Gasteiger partial charge on any atom is 0.259 e. The summed E-state index contributed by atoms with van der Waals surface area (Å²) in [5, 5.41) is 11.4. The van der Waals surface area contributed by atoms with Crippen LogP contribution < -0.4 is 15.8 Å². The first-order valence-corrected chi connectivity index (χ1v) is 7.02. The van der Waals surface area contributed by atoms with E-state index in [9.17, 15) is 9.59 Å². The minimum absolute atomic E-state index is 0.138. The molecule has 1 aromatic carbocycles. The smallest absolute Gasteiger partial charge is 0.259 e. The molecule has 0 saturated heterocycles. The lowest BCUT2D eigenvalue weighted by atomic mass is 10.1. The minimum atomic E-state index is -0.786. The average molecular weight is 325 g/mol. The molecule has 1 aromatic heterocycles. The summed E-state index contributed by atoms with van der Waals surface area (Å²) in [6, 6.07) is 11.8. The van der Waals surface area contributed by atoms with Crippen LogP contribution in [0.15, 0.2) is 52.7 Å². The van der Waals surface area contributed by atoms with Crippen molar-refractivity contribution in [2.75, 3.05) is 6.61 Å². The summed E-state index contributed by atoms with van der Waals surface area (Å²) in [6.07, 6.45) is 2.91. The number of hydrogen-bond donors (Lipinski definition) is 2. The van der Waals surface area contributed by atoms with Crippen molar-refractivity contribution >= 4 is 17.9 Å². The van der Waals surface area contributed by atoms with Gasteiger partial charge < -0.3 is 20.2 Å². The molecule has 7 heteroatoms. The maximum absolute atomic E-state index is 11.7. The Kier molecular flexibility index (Phi) is 5.75. The Balaban J connectivity index is 1.84. The Morgan fingerprint density at radius 3 is 2.62 bits per heavy atom. The van der Waals surface area contributed by atoms with E-state index < -0.39 is 5.91 Å². The molecule has 1 heterocycles. The maximum atomic E-state index is 11.7. The van der Waals surface area contributed by atoms with Crippen LogP contribution in [-0.2, 0) is 16.1 Å². The molecule has 2 aromatic rings. The largest absolute Gasteiger partial charge is 0.484 e. The second-order valence-corrected chi connectivity index (χ2v) is 4.75. The number of carbonyl (C=O) groups is 2. The third kappa shape index (κ3) is 5.03. The van der Waals surface area contributed by atoms with Crippen molar-refractivity contribution in [2.24, 2.45) is 5.73 Å². The van der Waals surface area contributed by atoms with Crippen LogP contribution in [0.3, 0.4) is 0 Å². The molecule has 2 rings (SSSR count). The van der Waals surface area contributed by atoms with Gasteiger partial charge in [0.1, 0.15) is 23.2 Å². The molecule has 24 heavy (non-hydrogen) atoms. The standard InChI is InChI=1S/C17H15N3O4/c18-9-13(17(19)22)8-12-3-5-14(6-4-12)24-11-16(21)20-10-15-2-1-7-23-15/h1-8H,10-11H2,(H2,19,22)(H,20,21)/b13-8+. The molecule has 0 saturated carbocycles. The van der Waals surface area contributed by atoms with Crippen molar-refractivity contribution in [1.82, 2.24) is 5.32 Å². The van der Waals surface area contributed by atoms with E-state index in [1.807, 2.05) is 0 Å². The van der Waals surface area contributed by atoms with Gasteiger partial charge in [-0.2, -0.15) is 5.26 Å². The van der Waals surface area contributed by atoms with Gasteiger partial charge in [0.25, 0.3) is 11.8 Å². The number of nitriles is 1. The van der Waals surface area contributed by atoms with Crippen LogP contribution >= 0.6 is 0 Å². The summed E-state index contributed by atoms with van der Waals surface area (Å²) < 4.78 is 10.5. The van der Waals surface area contributed by atoms with E-state index in [1.54, 1.807) is 42.5 Å². The lowest BCUT2D eigenvalue weighted by Gasteiger charge is -2.07. The Labute approximate surface area is 138 Å². The summed E-state index contributed by atoms with van der Waals surface area (Å²) in [5.74, 6) is 0.0713. The first-order chi connectivity index (χ1) is 11.6. The molecule has 7 nitrogen and oxygen atoms in total. The number of amides is 2. The molecular formula is C17H15N3O4. The zero-order chi connectivity index (χ0) is 17.4. The molecule has 0 fully saturated rings. The minimum Gasteiger partial charge on any atom is -0.484 e. The summed E-state index contributed by atoms with van der Waals surface area (Å²) >= 11 is 0. The van der Waals surface area contributed by atoms with E-state index in [2.05, 4.69) is 5.32 Å². The van der Waals surface area contributed by atoms with Crippen LogP contribution in [0.25, 0.3) is 6.08 Å². The predicted molar refractivity (Wildman–Crippen MR) is 85.3 cm³/mol. The molecule has 0 unspecified atom stereocenters. The van der Waals surface area contributed by atoms with Gasteiger partial charge >= 0.3 is 0 Å². The van der Waals surface area contributed by atoms with Gasteiger partial charge in [-0.1, -0.05) is 12.1 Å². The van der Waals surface area contributed by atoms with E-state index in [-0.39, 0.29) is 18.1 Å². The highest BCUT2D eigenvalue weighted by molar-refractivity contribution is 6.00. The molecule has 0 aliphatic carbocycles. The monoisotopic (exact) mass is 325 g/mol. The fourth-order valence-electron chi connectivity index (χ4n) is 1.78. The quantitative estimate of drug-likeness (QED) is 0.588. The summed E-state index contributed by atoms with van der Waals surface area (Å²) in [6.45, 7) is 0.156. The number of benzene rings is 1. The fourth-order valence-corrected chi connectivity index (χ4v) is 1.78. The Morgan fingerprint density at radius 1 is 1.29 bits per heavy atom. The van der Waals surface area contributed by atoms with Crippen LogP contribution in [0.2, 0.25) is 0 Å². The highest BCUT2D eigenvalue weighted by atomic mass is 16.5. The van der Waals surface area contributed by atoms with Crippen LogP contribution in [0, 0.1) is 11.3 Å². The van der Waals surface area contributed by atoms with E-state index in [0.717, 1.165) is 0 Å². The number of carbonyl (C=O) groups excluding carboxylic acids is 2. The molecule has 0 spiro atoms. The van der Waals surface area contributed by atoms with Crippen molar-refractivity contribution in [3.8, 4) is 11.8 Å². The predicted octanol–water partition coefficient (Wildman–Crippen LogP) is 1.37. The lowest BCUT2D eigenvalue weighted by molar-refractivity contribution is -0.123. The van der Waals surface area contributed by atoms with Crippen molar-refractivity contribution in [2.45, 2.75) is 6.54 Å². The molecular weight excluding hydrogens is 310 g/mol. The van der Waals surface area contributed by atoms with Crippen LogP contribution in [0.5, 0.6) is 5.75 Å². The van der Waals surface area contributed by atoms with E-state index >= 15 is 0 Å². The third-order valence-electron chi connectivity index (χ3n) is 2.99. The molecule has 0 radical (unpaired) electrons. The van der Waals surface area contributed by atoms with E-state index in [0.29, 0.717) is 23.6 Å². The molecule has 0 bridgehead atoms. The summed E-state index contributed by atoms with van der Waals surface area (Å²) in [5.41, 5.74) is 5.55. The number of primary amides is 1. The number of nitrogens with two attached hydrogens (primary N) is 1. The Bertz CT molecular complexity index is 771. The first-order valence-electron chi connectivity index (χ1n) is 7.02. The lowest BCUT2D eigenvalue weighted by Crippen LogP contribution is -2.28. The van der Waals surface area contributed by atoms with Crippen LogP contribution in [0.4, 0.5) is 0 Å². The Morgan fingerprint density at radius 2 is 2.04 bits per heavy atom. The summed E-state index contributed by atoms with van der Waals surface area (Å²) in [7, 11) is 0. The van der Waals surface area contributed by atoms with Crippen LogP contribution in [0.1, 0.15) is 11.3 Å². The highest BCUT2D eigenvalue weighted by Crippen LogP contribution is 2.14. The number of rotatable bonds is 7. The van der Waals surface area contributed by atoms with Crippen molar-refractivity contribution in [1.29, 1.82) is 5.26 Å². The van der Waals surface area contributed by atoms with Gasteiger partial charge in [0.05, 0.1) is 12.8 Å². The fraction of sp³-hybridized carbons (Fsp3) is 0.118. The molecule has 122 valence electrons. The highest BCUT2D eigenvalue weighted by Gasteiger charge is 2.05. The topological polar surface area (TPSA) is 118 Å². The van der Waals surface area contributed by atoms with E-state index in [4.69, 9.17) is 20.1 Å². The van der Waals surface area contributed by atoms with Gasteiger partial charge in [0, 0.05) is 0 Å². The molecule has 2 amide bonds. The number of ether oxygens (including phenoxy) is 1. The summed E-state index contributed by atoms with van der Waals surface area (Å²) in [4.78, 5) is 22.6. The number of furan rings is 1. The van der Waals surface area contributed by atoms with Crippen molar-refractivity contribution in [3.63, 3.8) is 0 Å². The average Bonchev–Trinajstić information content (AvgIpc) is 3.10. The van der Waals surface area contributed by atoms with Gasteiger partial charge in [-0.15, -0.1) is 0 Å². The third-order valence-corrected chi connectivity index (χ3v) is 2.99. The first kappa shape index (κ1) is 16.8. The van der Waals surface area contributed by atoms with Crippen molar-refractivity contribution < 1.29 is 18.7 Å². The second-order valence-electron chi connectivity index (χ2n) is 4.75. The van der Waals surface area contributed by atoms with E-state index in [1.165, 1.54) is 12.3 Å². The molecule has 0 aliphatic rings.